The molecule has 1 aromatic rings. The summed E-state index contributed by atoms with van der Waals surface area (Å²) in [4.78, 5) is 23.5. The molecule has 0 heterocycles. The molecule has 4 heteroatoms. The molecule has 2 atom stereocenters. The minimum absolute atomic E-state index is 0.260. The van der Waals surface area contributed by atoms with Crippen LogP contribution in [0.25, 0.3) is 0 Å². The molecule has 0 radical (unpaired) electrons. The number of carboxylic acids is 1. The minimum Gasteiger partial charge on any atom is -0.480 e. The highest BCUT2D eigenvalue weighted by molar-refractivity contribution is 5.90. The number of hydrogen-bond donors (Lipinski definition) is 2. The largest absolute Gasteiger partial charge is 0.480 e. The van der Waals surface area contributed by atoms with Crippen molar-refractivity contribution in [3.8, 4) is 0 Å². The number of carbonyl (C=O) groups excluding carboxylic acids is 1. The summed E-state index contributed by atoms with van der Waals surface area (Å²) in [6, 6.07) is 9.33. The van der Waals surface area contributed by atoms with E-state index in [-0.39, 0.29) is 11.8 Å². The van der Waals surface area contributed by atoms with Gasteiger partial charge >= 0.3 is 5.97 Å². The Hall–Kier alpha value is -1.84. The Bertz CT molecular complexity index is 444. The number of rotatable bonds is 6. The molecular weight excluding hydrogens is 242 g/mol. The molecule has 0 spiro atoms. The van der Waals surface area contributed by atoms with Gasteiger partial charge in [-0.1, -0.05) is 43.7 Å². The fourth-order valence-corrected chi connectivity index (χ4v) is 2.00. The SMILES string of the molecule is CCCC(C)(NC(=O)[C@@H](C)c1ccccc1)C(=O)O. The molecule has 0 saturated heterocycles. The third-order valence-corrected chi connectivity index (χ3v) is 3.31. The molecule has 1 unspecified atom stereocenters. The Labute approximate surface area is 113 Å². The van der Waals surface area contributed by atoms with Crippen molar-refractivity contribution in [1.29, 1.82) is 0 Å². The van der Waals surface area contributed by atoms with Crippen LogP contribution in [-0.4, -0.2) is 22.5 Å². The lowest BCUT2D eigenvalue weighted by Gasteiger charge is -2.27. The number of nitrogens with one attached hydrogen (secondary N) is 1. The molecule has 0 bridgehead atoms. The van der Waals surface area contributed by atoms with Crippen molar-refractivity contribution >= 4 is 11.9 Å². The van der Waals surface area contributed by atoms with E-state index in [4.69, 9.17) is 0 Å². The predicted molar refractivity (Wildman–Crippen MR) is 73.9 cm³/mol. The van der Waals surface area contributed by atoms with Crippen molar-refractivity contribution in [2.24, 2.45) is 0 Å². The summed E-state index contributed by atoms with van der Waals surface area (Å²) in [6.07, 6.45) is 1.11. The fourth-order valence-electron chi connectivity index (χ4n) is 2.00. The molecule has 104 valence electrons. The van der Waals surface area contributed by atoms with Gasteiger partial charge in [-0.05, 0) is 25.8 Å². The van der Waals surface area contributed by atoms with Crippen molar-refractivity contribution in [3.05, 3.63) is 35.9 Å². The van der Waals surface area contributed by atoms with Crippen molar-refractivity contribution < 1.29 is 14.7 Å². The van der Waals surface area contributed by atoms with Gasteiger partial charge in [-0.2, -0.15) is 0 Å². The summed E-state index contributed by atoms with van der Waals surface area (Å²) in [5.74, 6) is -1.62. The average Bonchev–Trinajstić information content (AvgIpc) is 2.38. The fraction of sp³-hybridized carbons (Fsp3) is 0.467. The molecule has 0 aliphatic heterocycles. The van der Waals surface area contributed by atoms with Crippen LogP contribution in [0.4, 0.5) is 0 Å². The van der Waals surface area contributed by atoms with Crippen LogP contribution in [0.15, 0.2) is 30.3 Å². The van der Waals surface area contributed by atoms with E-state index in [1.54, 1.807) is 13.8 Å². The Kier molecular flexibility index (Phi) is 5.10. The quantitative estimate of drug-likeness (QED) is 0.829. The van der Waals surface area contributed by atoms with Crippen molar-refractivity contribution in [2.45, 2.75) is 45.1 Å². The van der Waals surface area contributed by atoms with Gasteiger partial charge in [-0.25, -0.2) is 4.79 Å². The lowest BCUT2D eigenvalue weighted by molar-refractivity contribution is -0.147. The van der Waals surface area contributed by atoms with Gasteiger partial charge in [0.15, 0.2) is 0 Å². The van der Waals surface area contributed by atoms with Crippen molar-refractivity contribution in [3.63, 3.8) is 0 Å². The van der Waals surface area contributed by atoms with Crippen LogP contribution >= 0.6 is 0 Å². The van der Waals surface area contributed by atoms with E-state index in [1.807, 2.05) is 37.3 Å². The molecule has 4 nitrogen and oxygen atoms in total. The second-order valence-electron chi connectivity index (χ2n) is 5.01. The van der Waals surface area contributed by atoms with Gasteiger partial charge in [0, 0.05) is 0 Å². The van der Waals surface area contributed by atoms with E-state index in [9.17, 15) is 14.7 Å². The number of amides is 1. The first-order chi connectivity index (χ1) is 8.90. The average molecular weight is 263 g/mol. The monoisotopic (exact) mass is 263 g/mol. The zero-order valence-corrected chi connectivity index (χ0v) is 11.6. The van der Waals surface area contributed by atoms with Crippen LogP contribution in [-0.2, 0) is 9.59 Å². The molecule has 19 heavy (non-hydrogen) atoms. The van der Waals surface area contributed by atoms with Crippen LogP contribution in [0.1, 0.15) is 45.1 Å². The van der Waals surface area contributed by atoms with Crippen molar-refractivity contribution in [1.82, 2.24) is 5.32 Å². The minimum atomic E-state index is -1.20. The van der Waals surface area contributed by atoms with E-state index >= 15 is 0 Å². The van der Waals surface area contributed by atoms with E-state index in [0.29, 0.717) is 12.8 Å². The van der Waals surface area contributed by atoms with Gasteiger partial charge in [0.1, 0.15) is 5.54 Å². The summed E-state index contributed by atoms with van der Waals surface area (Å²) >= 11 is 0. The number of carbonyl (C=O) groups is 2. The molecule has 0 fully saturated rings. The van der Waals surface area contributed by atoms with E-state index in [2.05, 4.69) is 5.32 Å². The van der Waals surface area contributed by atoms with Gasteiger partial charge in [-0.15, -0.1) is 0 Å². The summed E-state index contributed by atoms with van der Waals surface area (Å²) < 4.78 is 0. The number of hydrogen-bond acceptors (Lipinski definition) is 2. The number of aliphatic carboxylic acids is 1. The van der Waals surface area contributed by atoms with E-state index in [0.717, 1.165) is 5.56 Å². The normalized spacial score (nSPS) is 15.3. The molecule has 2 N–H and O–H groups in total. The van der Waals surface area contributed by atoms with Crippen LogP contribution in [0.5, 0.6) is 0 Å². The third kappa shape index (κ3) is 3.81. The zero-order chi connectivity index (χ0) is 14.5. The van der Waals surface area contributed by atoms with Crippen LogP contribution in [0.2, 0.25) is 0 Å². The van der Waals surface area contributed by atoms with Gasteiger partial charge in [0.05, 0.1) is 5.92 Å². The van der Waals surface area contributed by atoms with Crippen LogP contribution in [0.3, 0.4) is 0 Å². The highest BCUT2D eigenvalue weighted by atomic mass is 16.4. The van der Waals surface area contributed by atoms with Gasteiger partial charge in [-0.3, -0.25) is 4.79 Å². The lowest BCUT2D eigenvalue weighted by Crippen LogP contribution is -2.53. The molecule has 1 aromatic carbocycles. The Morgan fingerprint density at radius 1 is 1.32 bits per heavy atom. The first kappa shape index (κ1) is 15.2. The van der Waals surface area contributed by atoms with Crippen LogP contribution < -0.4 is 5.32 Å². The second-order valence-corrected chi connectivity index (χ2v) is 5.01. The molecule has 0 aliphatic rings. The standard InChI is InChI=1S/C15H21NO3/c1-4-10-15(3,14(18)19)16-13(17)11(2)12-8-6-5-7-9-12/h5-9,11H,4,10H2,1-3H3,(H,16,17)(H,18,19)/t11-,15?/m0/s1. The Morgan fingerprint density at radius 3 is 2.37 bits per heavy atom. The second kappa shape index (κ2) is 6.36. The first-order valence-electron chi connectivity index (χ1n) is 6.51. The molecule has 0 aliphatic carbocycles. The first-order valence-corrected chi connectivity index (χ1v) is 6.51. The molecule has 0 aromatic heterocycles. The third-order valence-electron chi connectivity index (χ3n) is 3.31. The molecule has 1 rings (SSSR count). The number of benzene rings is 1. The Balaban J connectivity index is 2.81. The number of carboxylic acid groups (broad SMARTS) is 1. The van der Waals surface area contributed by atoms with Gasteiger partial charge in [0.2, 0.25) is 5.91 Å². The lowest BCUT2D eigenvalue weighted by atomic mass is 9.93. The maximum absolute atomic E-state index is 12.2. The Morgan fingerprint density at radius 2 is 1.89 bits per heavy atom. The maximum Gasteiger partial charge on any atom is 0.329 e. The summed E-state index contributed by atoms with van der Waals surface area (Å²) in [5, 5.41) is 11.9. The maximum atomic E-state index is 12.2. The molecule has 1 amide bonds. The predicted octanol–water partition coefficient (Wildman–Crippen LogP) is 2.55. The van der Waals surface area contributed by atoms with Gasteiger partial charge < -0.3 is 10.4 Å². The highest BCUT2D eigenvalue weighted by Crippen LogP contribution is 2.18. The summed E-state index contributed by atoms with van der Waals surface area (Å²) in [5.41, 5.74) is -0.321. The van der Waals surface area contributed by atoms with E-state index < -0.39 is 11.5 Å². The van der Waals surface area contributed by atoms with E-state index in [1.165, 1.54) is 0 Å². The molecular formula is C15H21NO3. The topological polar surface area (TPSA) is 66.4 Å². The highest BCUT2D eigenvalue weighted by Gasteiger charge is 2.35. The summed E-state index contributed by atoms with van der Waals surface area (Å²) in [7, 11) is 0. The smallest absolute Gasteiger partial charge is 0.329 e. The van der Waals surface area contributed by atoms with Crippen molar-refractivity contribution in [2.75, 3.05) is 0 Å². The van der Waals surface area contributed by atoms with Crippen LogP contribution in [0, 0.1) is 0 Å². The summed E-state index contributed by atoms with van der Waals surface area (Å²) in [6.45, 7) is 5.22. The zero-order valence-electron chi connectivity index (χ0n) is 11.6. The van der Waals surface area contributed by atoms with Gasteiger partial charge in [0.25, 0.3) is 0 Å². The molecule has 0 saturated carbocycles.